The van der Waals surface area contributed by atoms with Crippen molar-refractivity contribution >= 4 is 29.1 Å². The molecule has 0 N–H and O–H groups in total. The standard InChI is InChI=1S/C24H29N3O4S/c1-5-6-7-22-23(28)27(16-17-8-11-19(29-2)12-9-17)24(32-22)26-25-15-18-10-13-20(30-3)14-21(18)31-4/h8-15,22H,5-7,16H2,1-4H3/b25-15-,26-24+/t22-/m0/s1. The lowest BCUT2D eigenvalue weighted by atomic mass is 10.1. The third kappa shape index (κ3) is 5.82. The summed E-state index contributed by atoms with van der Waals surface area (Å²) in [6.45, 7) is 2.57. The number of methoxy groups -OCH3 is 3. The predicted molar refractivity (Wildman–Crippen MR) is 129 cm³/mol. The van der Waals surface area contributed by atoms with Crippen LogP contribution in [0, 0.1) is 0 Å². The average Bonchev–Trinajstić information content (AvgIpc) is 3.12. The minimum Gasteiger partial charge on any atom is -0.497 e. The molecule has 0 radical (unpaired) electrons. The molecule has 2 aromatic carbocycles. The molecule has 3 rings (SSSR count). The van der Waals surface area contributed by atoms with Crippen LogP contribution in [0.25, 0.3) is 0 Å². The Balaban J connectivity index is 1.82. The molecule has 1 aliphatic rings. The molecule has 0 saturated carbocycles. The van der Waals surface area contributed by atoms with Crippen molar-refractivity contribution in [3.05, 3.63) is 53.6 Å². The number of unbranched alkanes of at least 4 members (excludes halogenated alkanes) is 1. The average molecular weight is 456 g/mol. The van der Waals surface area contributed by atoms with Gasteiger partial charge in [0, 0.05) is 11.6 Å². The molecule has 0 unspecified atom stereocenters. The van der Waals surface area contributed by atoms with Crippen molar-refractivity contribution in [2.75, 3.05) is 21.3 Å². The monoisotopic (exact) mass is 455 g/mol. The topological polar surface area (TPSA) is 72.7 Å². The fourth-order valence-corrected chi connectivity index (χ4v) is 4.43. The van der Waals surface area contributed by atoms with Gasteiger partial charge >= 0.3 is 0 Å². The van der Waals surface area contributed by atoms with E-state index in [9.17, 15) is 4.79 Å². The van der Waals surface area contributed by atoms with Crippen LogP contribution in [-0.4, -0.2) is 48.8 Å². The number of benzene rings is 2. The first-order valence-electron chi connectivity index (χ1n) is 10.5. The maximum atomic E-state index is 13.1. The second-order valence-electron chi connectivity index (χ2n) is 7.26. The van der Waals surface area contributed by atoms with Gasteiger partial charge in [-0.3, -0.25) is 9.69 Å². The van der Waals surface area contributed by atoms with E-state index in [-0.39, 0.29) is 11.2 Å². The first-order valence-corrected chi connectivity index (χ1v) is 11.4. The van der Waals surface area contributed by atoms with E-state index in [1.54, 1.807) is 38.5 Å². The molecule has 1 saturated heterocycles. The van der Waals surface area contributed by atoms with Crippen molar-refractivity contribution in [1.82, 2.24) is 4.90 Å². The summed E-state index contributed by atoms with van der Waals surface area (Å²) in [7, 11) is 4.84. The zero-order valence-electron chi connectivity index (χ0n) is 18.9. The molecule has 32 heavy (non-hydrogen) atoms. The smallest absolute Gasteiger partial charge is 0.242 e. The normalized spacial score (nSPS) is 17.4. The number of hydrogen-bond donors (Lipinski definition) is 0. The van der Waals surface area contributed by atoms with Gasteiger partial charge < -0.3 is 14.2 Å². The Kier molecular flexibility index (Phi) is 8.56. The summed E-state index contributed by atoms with van der Waals surface area (Å²) < 4.78 is 15.9. The summed E-state index contributed by atoms with van der Waals surface area (Å²) in [5.74, 6) is 2.20. The molecule has 2 aromatic rings. The molecule has 1 atom stereocenters. The highest BCUT2D eigenvalue weighted by Gasteiger charge is 2.37. The highest BCUT2D eigenvalue weighted by Crippen LogP contribution is 2.32. The molecule has 1 aliphatic heterocycles. The summed E-state index contributed by atoms with van der Waals surface area (Å²) >= 11 is 1.48. The molecule has 170 valence electrons. The number of amidine groups is 1. The minimum atomic E-state index is -0.127. The van der Waals surface area contributed by atoms with Gasteiger partial charge in [0.25, 0.3) is 0 Å². The number of ether oxygens (including phenoxy) is 3. The Labute approximate surface area is 193 Å². The molecule has 0 bridgehead atoms. The predicted octanol–water partition coefficient (Wildman–Crippen LogP) is 4.74. The third-order valence-electron chi connectivity index (χ3n) is 5.12. The van der Waals surface area contributed by atoms with Gasteiger partial charge in [-0.05, 0) is 36.2 Å². The number of hydrogen-bond acceptors (Lipinski definition) is 7. The van der Waals surface area contributed by atoms with Crippen molar-refractivity contribution in [2.24, 2.45) is 10.2 Å². The van der Waals surface area contributed by atoms with Crippen molar-refractivity contribution in [1.29, 1.82) is 0 Å². The van der Waals surface area contributed by atoms with Gasteiger partial charge in [-0.15, -0.1) is 5.10 Å². The van der Waals surface area contributed by atoms with E-state index in [4.69, 9.17) is 14.2 Å². The van der Waals surface area contributed by atoms with Gasteiger partial charge in [-0.2, -0.15) is 5.10 Å². The summed E-state index contributed by atoms with van der Waals surface area (Å²) in [5, 5.41) is 9.14. The molecule has 1 heterocycles. The summed E-state index contributed by atoms with van der Waals surface area (Å²) in [4.78, 5) is 14.8. The molecule has 0 spiro atoms. The number of nitrogens with zero attached hydrogens (tertiary/aromatic N) is 3. The van der Waals surface area contributed by atoms with Crippen LogP contribution < -0.4 is 14.2 Å². The van der Waals surface area contributed by atoms with E-state index in [1.807, 2.05) is 36.4 Å². The Bertz CT molecular complexity index is 976. The highest BCUT2D eigenvalue weighted by atomic mass is 32.2. The van der Waals surface area contributed by atoms with Gasteiger partial charge in [0.2, 0.25) is 5.91 Å². The fraction of sp³-hybridized carbons (Fsp3) is 0.375. The zero-order chi connectivity index (χ0) is 22.9. The number of carbonyl (C=O) groups is 1. The quantitative estimate of drug-likeness (QED) is 0.382. The van der Waals surface area contributed by atoms with Crippen LogP contribution in [-0.2, 0) is 11.3 Å². The number of amides is 1. The van der Waals surface area contributed by atoms with Gasteiger partial charge in [-0.1, -0.05) is 43.7 Å². The van der Waals surface area contributed by atoms with Crippen molar-refractivity contribution < 1.29 is 19.0 Å². The van der Waals surface area contributed by atoms with E-state index in [0.717, 1.165) is 36.1 Å². The van der Waals surface area contributed by atoms with E-state index in [1.165, 1.54) is 11.8 Å². The maximum Gasteiger partial charge on any atom is 0.242 e. The first-order chi connectivity index (χ1) is 15.6. The molecular formula is C24H29N3O4S. The SMILES string of the molecule is CCCC[C@@H]1S/C(=N/N=C\c2ccc(OC)cc2OC)N(Cc2ccc(OC)cc2)C1=O. The van der Waals surface area contributed by atoms with E-state index >= 15 is 0 Å². The second kappa shape index (κ2) is 11.6. The van der Waals surface area contributed by atoms with Crippen LogP contribution in [0.1, 0.15) is 37.3 Å². The Morgan fingerprint density at radius 3 is 2.41 bits per heavy atom. The molecule has 0 aromatic heterocycles. The lowest BCUT2D eigenvalue weighted by Crippen LogP contribution is -2.31. The maximum absolute atomic E-state index is 13.1. The van der Waals surface area contributed by atoms with Gasteiger partial charge in [0.1, 0.15) is 17.2 Å². The van der Waals surface area contributed by atoms with Gasteiger partial charge in [0.15, 0.2) is 5.17 Å². The summed E-state index contributed by atoms with van der Waals surface area (Å²) in [5.41, 5.74) is 1.78. The summed E-state index contributed by atoms with van der Waals surface area (Å²) in [6.07, 6.45) is 4.50. The van der Waals surface area contributed by atoms with Crippen molar-refractivity contribution in [3.63, 3.8) is 0 Å². The number of rotatable bonds is 10. The minimum absolute atomic E-state index is 0.0789. The number of thioether (sulfide) groups is 1. The van der Waals surface area contributed by atoms with Crippen LogP contribution in [0.5, 0.6) is 17.2 Å². The second-order valence-corrected chi connectivity index (χ2v) is 8.43. The molecular weight excluding hydrogens is 426 g/mol. The largest absolute Gasteiger partial charge is 0.497 e. The van der Waals surface area contributed by atoms with E-state index in [0.29, 0.717) is 23.2 Å². The molecule has 0 aliphatic carbocycles. The molecule has 8 heteroatoms. The first kappa shape index (κ1) is 23.7. The van der Waals surface area contributed by atoms with E-state index < -0.39 is 0 Å². The lowest BCUT2D eigenvalue weighted by Gasteiger charge is -2.16. The molecule has 1 fully saturated rings. The Hall–Kier alpha value is -3.00. The third-order valence-corrected chi connectivity index (χ3v) is 6.36. The van der Waals surface area contributed by atoms with Crippen LogP contribution >= 0.6 is 11.8 Å². The number of carbonyl (C=O) groups excluding carboxylic acids is 1. The summed E-state index contributed by atoms with van der Waals surface area (Å²) in [6, 6.07) is 13.2. The van der Waals surface area contributed by atoms with Crippen molar-refractivity contribution in [2.45, 2.75) is 38.0 Å². The van der Waals surface area contributed by atoms with Crippen LogP contribution in [0.15, 0.2) is 52.7 Å². The van der Waals surface area contributed by atoms with E-state index in [2.05, 4.69) is 17.1 Å². The highest BCUT2D eigenvalue weighted by molar-refractivity contribution is 8.15. The lowest BCUT2D eigenvalue weighted by molar-refractivity contribution is -0.126. The van der Waals surface area contributed by atoms with Crippen LogP contribution in [0.2, 0.25) is 0 Å². The zero-order valence-corrected chi connectivity index (χ0v) is 19.7. The fourth-order valence-electron chi connectivity index (χ4n) is 3.28. The van der Waals surface area contributed by atoms with Crippen LogP contribution in [0.3, 0.4) is 0 Å². The van der Waals surface area contributed by atoms with Crippen LogP contribution in [0.4, 0.5) is 0 Å². The Morgan fingerprint density at radius 2 is 1.75 bits per heavy atom. The van der Waals surface area contributed by atoms with Gasteiger partial charge in [0.05, 0.1) is 39.3 Å². The van der Waals surface area contributed by atoms with Crippen molar-refractivity contribution in [3.8, 4) is 17.2 Å². The van der Waals surface area contributed by atoms with Gasteiger partial charge in [-0.25, -0.2) is 0 Å². The molecule has 7 nitrogen and oxygen atoms in total. The molecule has 1 amide bonds. The Morgan fingerprint density at radius 1 is 1.03 bits per heavy atom.